The quantitative estimate of drug-likeness (QED) is 0.504. The van der Waals surface area contributed by atoms with Crippen LogP contribution in [0.25, 0.3) is 0 Å². The van der Waals surface area contributed by atoms with Crippen LogP contribution in [0.2, 0.25) is 10.3 Å². The van der Waals surface area contributed by atoms with Crippen molar-refractivity contribution >= 4 is 40.9 Å². The van der Waals surface area contributed by atoms with E-state index in [4.69, 9.17) is 23.2 Å². The fraction of sp³-hybridized carbons (Fsp3) is 0.545. The van der Waals surface area contributed by atoms with Crippen molar-refractivity contribution in [3.05, 3.63) is 15.9 Å². The van der Waals surface area contributed by atoms with Gasteiger partial charge in [-0.1, -0.05) is 35.0 Å². The van der Waals surface area contributed by atoms with Crippen LogP contribution in [0.15, 0.2) is 5.16 Å². The van der Waals surface area contributed by atoms with E-state index < -0.39 is 0 Å². The summed E-state index contributed by atoms with van der Waals surface area (Å²) < 4.78 is 0. The lowest BCUT2D eigenvalue weighted by molar-refractivity contribution is 0.0949. The molecular formula is C11H14Cl2N4OS. The number of carbonyl (C=O) groups is 1. The molecular weight excluding hydrogens is 307 g/mol. The highest BCUT2D eigenvalue weighted by atomic mass is 35.5. The molecule has 2 heterocycles. The van der Waals surface area contributed by atoms with E-state index in [1.165, 1.54) is 11.8 Å². The molecule has 2 rings (SSSR count). The van der Waals surface area contributed by atoms with E-state index in [0.717, 1.165) is 19.4 Å². The maximum Gasteiger partial charge on any atom is 0.257 e. The van der Waals surface area contributed by atoms with Gasteiger partial charge in [-0.3, -0.25) is 4.79 Å². The highest BCUT2D eigenvalue weighted by Gasteiger charge is 2.20. The standard InChI is InChI=1S/C11H14Cl2N4OS/c1-19-11-16-8(12)7(9(13)17-11)10(18)15-5-6-3-2-4-14-6/h6,14H,2-5H2,1H3,(H,15,18). The molecule has 0 radical (unpaired) electrons. The van der Waals surface area contributed by atoms with Crippen LogP contribution in [-0.4, -0.2) is 41.3 Å². The molecule has 19 heavy (non-hydrogen) atoms. The minimum atomic E-state index is -0.337. The lowest BCUT2D eigenvalue weighted by Crippen LogP contribution is -2.37. The molecule has 1 unspecified atom stereocenters. The molecule has 0 bridgehead atoms. The Labute approximate surface area is 125 Å². The molecule has 0 aromatic carbocycles. The Morgan fingerprint density at radius 3 is 2.68 bits per heavy atom. The summed E-state index contributed by atoms with van der Waals surface area (Å²) in [6, 6.07) is 0.313. The SMILES string of the molecule is CSc1nc(Cl)c(C(=O)NCC2CCCN2)c(Cl)n1. The van der Waals surface area contributed by atoms with E-state index in [1.54, 1.807) is 0 Å². The number of amides is 1. The van der Waals surface area contributed by atoms with Crippen molar-refractivity contribution in [2.75, 3.05) is 19.3 Å². The Balaban J connectivity index is 2.05. The molecule has 5 nitrogen and oxygen atoms in total. The number of carbonyl (C=O) groups excluding carboxylic acids is 1. The maximum atomic E-state index is 12.0. The third-order valence-corrected chi connectivity index (χ3v) is 3.98. The summed E-state index contributed by atoms with van der Waals surface area (Å²) in [4.78, 5) is 20.1. The predicted octanol–water partition coefficient (Wildman–Crippen LogP) is 1.99. The van der Waals surface area contributed by atoms with E-state index in [0.29, 0.717) is 17.7 Å². The van der Waals surface area contributed by atoms with Crippen LogP contribution in [0, 0.1) is 0 Å². The molecule has 8 heteroatoms. The van der Waals surface area contributed by atoms with Gasteiger partial charge in [0.25, 0.3) is 5.91 Å². The van der Waals surface area contributed by atoms with Gasteiger partial charge in [-0.05, 0) is 25.6 Å². The Morgan fingerprint density at radius 1 is 1.47 bits per heavy atom. The maximum absolute atomic E-state index is 12.0. The van der Waals surface area contributed by atoms with Gasteiger partial charge in [-0.15, -0.1) is 0 Å². The number of nitrogens with one attached hydrogen (secondary N) is 2. The average Bonchev–Trinajstić information content (AvgIpc) is 2.88. The predicted molar refractivity (Wildman–Crippen MR) is 77.2 cm³/mol. The average molecular weight is 321 g/mol. The van der Waals surface area contributed by atoms with Gasteiger partial charge in [0.1, 0.15) is 15.9 Å². The molecule has 1 aliphatic rings. The van der Waals surface area contributed by atoms with Crippen molar-refractivity contribution < 1.29 is 4.79 Å². The zero-order chi connectivity index (χ0) is 13.8. The molecule has 0 saturated carbocycles. The summed E-state index contributed by atoms with van der Waals surface area (Å²) in [5.74, 6) is -0.337. The summed E-state index contributed by atoms with van der Waals surface area (Å²) in [6.07, 6.45) is 4.00. The minimum Gasteiger partial charge on any atom is -0.350 e. The number of thioether (sulfide) groups is 1. The summed E-state index contributed by atoms with van der Waals surface area (Å²) in [5, 5.41) is 6.72. The van der Waals surface area contributed by atoms with Gasteiger partial charge >= 0.3 is 0 Å². The van der Waals surface area contributed by atoms with Crippen LogP contribution in [0.5, 0.6) is 0 Å². The second-order valence-electron chi connectivity index (χ2n) is 4.17. The van der Waals surface area contributed by atoms with Crippen molar-refractivity contribution in [2.24, 2.45) is 0 Å². The first-order valence-electron chi connectivity index (χ1n) is 5.90. The minimum absolute atomic E-state index is 0.0845. The molecule has 0 aliphatic carbocycles. The monoisotopic (exact) mass is 320 g/mol. The van der Waals surface area contributed by atoms with Crippen LogP contribution in [-0.2, 0) is 0 Å². The van der Waals surface area contributed by atoms with Gasteiger partial charge in [0.15, 0.2) is 5.16 Å². The molecule has 1 fully saturated rings. The van der Waals surface area contributed by atoms with E-state index in [2.05, 4.69) is 20.6 Å². The summed E-state index contributed by atoms with van der Waals surface area (Å²) in [5.41, 5.74) is 0.138. The number of aromatic nitrogens is 2. The van der Waals surface area contributed by atoms with Crippen LogP contribution in [0.1, 0.15) is 23.2 Å². The largest absolute Gasteiger partial charge is 0.350 e. The fourth-order valence-electron chi connectivity index (χ4n) is 1.90. The zero-order valence-corrected chi connectivity index (χ0v) is 12.7. The van der Waals surface area contributed by atoms with E-state index in [9.17, 15) is 4.79 Å². The summed E-state index contributed by atoms with van der Waals surface area (Å²) in [7, 11) is 0. The van der Waals surface area contributed by atoms with Crippen molar-refractivity contribution in [2.45, 2.75) is 24.0 Å². The van der Waals surface area contributed by atoms with Crippen LogP contribution in [0.3, 0.4) is 0 Å². The number of hydrogen-bond acceptors (Lipinski definition) is 5. The van der Waals surface area contributed by atoms with Crippen LogP contribution in [0.4, 0.5) is 0 Å². The third-order valence-electron chi connectivity index (χ3n) is 2.88. The molecule has 1 saturated heterocycles. The normalized spacial score (nSPS) is 18.6. The Morgan fingerprint density at radius 2 is 2.16 bits per heavy atom. The van der Waals surface area contributed by atoms with Crippen LogP contribution >= 0.6 is 35.0 Å². The summed E-state index contributed by atoms with van der Waals surface area (Å²) in [6.45, 7) is 1.54. The van der Waals surface area contributed by atoms with Crippen molar-refractivity contribution in [1.29, 1.82) is 0 Å². The molecule has 1 aliphatic heterocycles. The molecule has 104 valence electrons. The second kappa shape index (κ2) is 6.74. The topological polar surface area (TPSA) is 66.9 Å². The first-order chi connectivity index (χ1) is 9.11. The molecule has 0 spiro atoms. The zero-order valence-electron chi connectivity index (χ0n) is 10.4. The Kier molecular flexibility index (Phi) is 5.27. The highest BCUT2D eigenvalue weighted by Crippen LogP contribution is 2.24. The number of hydrogen-bond donors (Lipinski definition) is 2. The number of nitrogens with zero attached hydrogens (tertiary/aromatic N) is 2. The van der Waals surface area contributed by atoms with Gasteiger partial charge < -0.3 is 10.6 Å². The molecule has 1 aromatic rings. The first-order valence-corrected chi connectivity index (χ1v) is 7.88. The Hall–Kier alpha value is -0.560. The molecule has 1 amide bonds. The van der Waals surface area contributed by atoms with Crippen LogP contribution < -0.4 is 10.6 Å². The van der Waals surface area contributed by atoms with Crippen molar-refractivity contribution in [3.63, 3.8) is 0 Å². The molecule has 2 N–H and O–H groups in total. The lowest BCUT2D eigenvalue weighted by atomic mass is 10.2. The van der Waals surface area contributed by atoms with Gasteiger partial charge in [0, 0.05) is 12.6 Å². The van der Waals surface area contributed by atoms with Crippen molar-refractivity contribution in [1.82, 2.24) is 20.6 Å². The summed E-state index contributed by atoms with van der Waals surface area (Å²) >= 11 is 13.3. The third kappa shape index (κ3) is 3.72. The Bertz CT molecular complexity index is 457. The fourth-order valence-corrected chi connectivity index (χ4v) is 2.93. The van der Waals surface area contributed by atoms with E-state index in [-0.39, 0.29) is 21.8 Å². The lowest BCUT2D eigenvalue weighted by Gasteiger charge is -2.12. The van der Waals surface area contributed by atoms with Gasteiger partial charge in [0.2, 0.25) is 0 Å². The molecule has 1 aromatic heterocycles. The number of rotatable bonds is 4. The van der Waals surface area contributed by atoms with E-state index >= 15 is 0 Å². The second-order valence-corrected chi connectivity index (χ2v) is 5.66. The number of halogens is 2. The van der Waals surface area contributed by atoms with Gasteiger partial charge in [0.05, 0.1) is 0 Å². The van der Waals surface area contributed by atoms with Gasteiger partial charge in [-0.25, -0.2) is 9.97 Å². The first kappa shape index (κ1) is 14.8. The molecule has 1 atom stereocenters. The van der Waals surface area contributed by atoms with Crippen molar-refractivity contribution in [3.8, 4) is 0 Å². The smallest absolute Gasteiger partial charge is 0.257 e. The van der Waals surface area contributed by atoms with E-state index in [1.807, 2.05) is 6.26 Å². The van der Waals surface area contributed by atoms with Gasteiger partial charge in [-0.2, -0.15) is 0 Å². The highest BCUT2D eigenvalue weighted by molar-refractivity contribution is 7.98.